The van der Waals surface area contributed by atoms with Gasteiger partial charge in [0.2, 0.25) is 0 Å². The fourth-order valence-corrected chi connectivity index (χ4v) is 1.18. The van der Waals surface area contributed by atoms with Gasteiger partial charge < -0.3 is 0 Å². The van der Waals surface area contributed by atoms with Crippen LogP contribution in [0.2, 0.25) is 0 Å². The summed E-state index contributed by atoms with van der Waals surface area (Å²) in [6, 6.07) is 0. The number of hydrazine groups is 1. The summed E-state index contributed by atoms with van der Waals surface area (Å²) in [5.74, 6) is 5.15. The summed E-state index contributed by atoms with van der Waals surface area (Å²) in [7, 11) is 0. The number of hydrogen-bond acceptors (Lipinski definition) is 2. The van der Waals surface area contributed by atoms with E-state index in [1.165, 1.54) is 0 Å². The predicted molar refractivity (Wildman–Crippen MR) is 50.9 cm³/mol. The molecule has 0 amide bonds. The van der Waals surface area contributed by atoms with Crippen LogP contribution in [0.25, 0.3) is 0 Å². The summed E-state index contributed by atoms with van der Waals surface area (Å²) in [5, 5.41) is 0. The van der Waals surface area contributed by atoms with E-state index in [9.17, 15) is 0 Å². The molecule has 11 heavy (non-hydrogen) atoms. The Bertz CT molecular complexity index is 168. The van der Waals surface area contributed by atoms with Crippen LogP contribution in [0.3, 0.4) is 0 Å². The summed E-state index contributed by atoms with van der Waals surface area (Å²) >= 11 is 6.09. The Balaban J connectivity index is 0.000001000. The molecule has 1 rings (SSSR count). The average Bonchev–Trinajstić information content (AvgIpc) is 1.89. The Morgan fingerprint density at radius 2 is 2.27 bits per heavy atom. The maximum Gasteiger partial charge on any atom is 0.0801 e. The van der Waals surface area contributed by atoms with Crippen molar-refractivity contribution in [3.8, 4) is 0 Å². The van der Waals surface area contributed by atoms with Gasteiger partial charge in [-0.15, -0.1) is 24.0 Å². The first-order valence-corrected chi connectivity index (χ1v) is 3.61. The minimum absolute atomic E-state index is 0. The van der Waals surface area contributed by atoms with Crippen LogP contribution >= 0.6 is 24.0 Å². The summed E-state index contributed by atoms with van der Waals surface area (Å²) in [6.07, 6.45) is 8.75. The highest BCUT2D eigenvalue weighted by atomic mass is 35.5. The second-order valence-electron chi connectivity index (χ2n) is 2.41. The van der Waals surface area contributed by atoms with Crippen molar-refractivity contribution in [2.75, 3.05) is 6.54 Å². The van der Waals surface area contributed by atoms with Gasteiger partial charge in [-0.3, -0.25) is 11.3 Å². The number of halogens is 2. The zero-order valence-corrected chi connectivity index (χ0v) is 7.66. The third kappa shape index (κ3) is 3.25. The standard InChI is InChI=1S/C7H11ClN2.ClH/c8-7(6-10-9)4-2-1-3-5-7;/h1-4,10H,5-6,9H2;1H. The molecule has 0 radical (unpaired) electrons. The molecule has 1 aliphatic rings. The predicted octanol–water partition coefficient (Wildman–Crippen LogP) is 1.37. The third-order valence-electron chi connectivity index (χ3n) is 1.50. The lowest BCUT2D eigenvalue weighted by molar-refractivity contribution is 0.606. The number of rotatable bonds is 2. The smallest absolute Gasteiger partial charge is 0.0801 e. The van der Waals surface area contributed by atoms with Crippen molar-refractivity contribution >= 4 is 24.0 Å². The fourth-order valence-electron chi connectivity index (χ4n) is 0.939. The lowest BCUT2D eigenvalue weighted by Crippen LogP contribution is -2.37. The zero-order chi connectivity index (χ0) is 7.45. The van der Waals surface area contributed by atoms with Crippen molar-refractivity contribution in [3.05, 3.63) is 24.3 Å². The van der Waals surface area contributed by atoms with E-state index in [-0.39, 0.29) is 17.3 Å². The van der Waals surface area contributed by atoms with Gasteiger partial charge in [0.25, 0.3) is 0 Å². The quantitative estimate of drug-likeness (QED) is 0.396. The number of nitrogens with one attached hydrogen (secondary N) is 1. The van der Waals surface area contributed by atoms with Gasteiger partial charge in [0, 0.05) is 6.54 Å². The molecule has 1 atom stereocenters. The zero-order valence-electron chi connectivity index (χ0n) is 6.09. The Hall–Kier alpha value is -0.0200. The first-order chi connectivity index (χ1) is 4.77. The third-order valence-corrected chi connectivity index (χ3v) is 1.91. The molecule has 4 heteroatoms. The molecule has 0 fully saturated rings. The number of allylic oxidation sites excluding steroid dienone is 3. The molecule has 0 aromatic heterocycles. The van der Waals surface area contributed by atoms with Crippen LogP contribution in [-0.2, 0) is 0 Å². The van der Waals surface area contributed by atoms with Crippen molar-refractivity contribution in [2.24, 2.45) is 5.84 Å². The molecule has 0 aliphatic heterocycles. The second kappa shape index (κ2) is 4.78. The van der Waals surface area contributed by atoms with Crippen LogP contribution in [-0.4, -0.2) is 11.4 Å². The number of nitrogens with two attached hydrogens (primary N) is 1. The molecule has 0 aromatic carbocycles. The van der Waals surface area contributed by atoms with Crippen LogP contribution in [0.5, 0.6) is 0 Å². The van der Waals surface area contributed by atoms with Crippen molar-refractivity contribution < 1.29 is 0 Å². The number of hydrogen-bond donors (Lipinski definition) is 2. The van der Waals surface area contributed by atoms with Gasteiger partial charge in [-0.25, -0.2) is 0 Å². The molecule has 0 spiro atoms. The average molecular weight is 195 g/mol. The van der Waals surface area contributed by atoms with Gasteiger partial charge >= 0.3 is 0 Å². The van der Waals surface area contributed by atoms with E-state index in [0.717, 1.165) is 6.42 Å². The number of alkyl halides is 1. The normalized spacial score (nSPS) is 28.2. The van der Waals surface area contributed by atoms with Crippen LogP contribution in [0.15, 0.2) is 24.3 Å². The first-order valence-electron chi connectivity index (χ1n) is 3.24. The molecule has 0 heterocycles. The molecule has 0 aromatic rings. The second-order valence-corrected chi connectivity index (χ2v) is 3.16. The molecule has 64 valence electrons. The topological polar surface area (TPSA) is 38.0 Å². The summed E-state index contributed by atoms with van der Waals surface area (Å²) in [5.41, 5.74) is 2.56. The van der Waals surface area contributed by atoms with Crippen LogP contribution in [0.1, 0.15) is 6.42 Å². The van der Waals surface area contributed by atoms with Crippen LogP contribution in [0.4, 0.5) is 0 Å². The summed E-state index contributed by atoms with van der Waals surface area (Å²) in [4.78, 5) is -0.302. The van der Waals surface area contributed by atoms with Crippen molar-refractivity contribution in [1.82, 2.24) is 5.43 Å². The highest BCUT2D eigenvalue weighted by molar-refractivity contribution is 6.25. The minimum atomic E-state index is -0.302. The largest absolute Gasteiger partial charge is 0.271 e. The summed E-state index contributed by atoms with van der Waals surface area (Å²) < 4.78 is 0. The molecule has 2 nitrogen and oxygen atoms in total. The maximum absolute atomic E-state index is 6.09. The Labute approximate surface area is 77.9 Å². The van der Waals surface area contributed by atoms with Crippen molar-refractivity contribution in [1.29, 1.82) is 0 Å². The molecule has 1 unspecified atom stereocenters. The minimum Gasteiger partial charge on any atom is -0.271 e. The highest BCUT2D eigenvalue weighted by Gasteiger charge is 2.22. The monoisotopic (exact) mass is 194 g/mol. The SMILES string of the molecule is Cl.NNCC1(Cl)C=CC=CC1. The van der Waals surface area contributed by atoms with Gasteiger partial charge in [0.15, 0.2) is 0 Å². The van der Waals surface area contributed by atoms with E-state index >= 15 is 0 Å². The molecule has 1 aliphatic carbocycles. The Morgan fingerprint density at radius 1 is 1.55 bits per heavy atom. The van der Waals surface area contributed by atoms with E-state index < -0.39 is 0 Å². The van der Waals surface area contributed by atoms with E-state index in [1.54, 1.807) is 0 Å². The van der Waals surface area contributed by atoms with E-state index in [1.807, 2.05) is 24.3 Å². The van der Waals surface area contributed by atoms with Gasteiger partial charge in [-0.2, -0.15) is 0 Å². The molecule has 0 saturated carbocycles. The van der Waals surface area contributed by atoms with Crippen molar-refractivity contribution in [3.63, 3.8) is 0 Å². The molecule has 0 bridgehead atoms. The van der Waals surface area contributed by atoms with Crippen LogP contribution in [0, 0.1) is 0 Å². The van der Waals surface area contributed by atoms with E-state index in [4.69, 9.17) is 17.4 Å². The van der Waals surface area contributed by atoms with Gasteiger partial charge in [0.05, 0.1) is 4.87 Å². The van der Waals surface area contributed by atoms with E-state index in [0.29, 0.717) is 6.54 Å². The highest BCUT2D eigenvalue weighted by Crippen LogP contribution is 2.23. The first kappa shape index (κ1) is 11.0. The molecule has 0 saturated heterocycles. The molecule has 3 N–H and O–H groups in total. The fraction of sp³-hybridized carbons (Fsp3) is 0.429. The summed E-state index contributed by atoms with van der Waals surface area (Å²) in [6.45, 7) is 0.607. The van der Waals surface area contributed by atoms with Crippen LogP contribution < -0.4 is 11.3 Å². The van der Waals surface area contributed by atoms with Crippen molar-refractivity contribution in [2.45, 2.75) is 11.3 Å². The molecular weight excluding hydrogens is 183 g/mol. The Morgan fingerprint density at radius 3 is 2.73 bits per heavy atom. The lowest BCUT2D eigenvalue weighted by atomic mass is 10.0. The van der Waals surface area contributed by atoms with Gasteiger partial charge in [-0.05, 0) is 6.42 Å². The Kier molecular flexibility index (Phi) is 4.77. The maximum atomic E-state index is 6.09. The lowest BCUT2D eigenvalue weighted by Gasteiger charge is -2.22. The van der Waals surface area contributed by atoms with E-state index in [2.05, 4.69) is 5.43 Å². The van der Waals surface area contributed by atoms with Gasteiger partial charge in [-0.1, -0.05) is 24.3 Å². The van der Waals surface area contributed by atoms with Gasteiger partial charge in [0.1, 0.15) is 0 Å². The molecular formula is C7H12Cl2N2.